The van der Waals surface area contributed by atoms with Crippen molar-refractivity contribution in [1.29, 1.82) is 0 Å². The second-order valence-electron chi connectivity index (χ2n) is 7.67. The van der Waals surface area contributed by atoms with Gasteiger partial charge in [0.2, 0.25) is 5.95 Å². The van der Waals surface area contributed by atoms with E-state index in [9.17, 15) is 4.79 Å². The summed E-state index contributed by atoms with van der Waals surface area (Å²) in [6.45, 7) is 4.59. The van der Waals surface area contributed by atoms with E-state index >= 15 is 0 Å². The van der Waals surface area contributed by atoms with Gasteiger partial charge in [-0.1, -0.05) is 6.07 Å². The van der Waals surface area contributed by atoms with Crippen LogP contribution in [0.5, 0.6) is 0 Å². The van der Waals surface area contributed by atoms with Crippen LogP contribution in [0.1, 0.15) is 29.7 Å². The average molecular weight is 368 g/mol. The van der Waals surface area contributed by atoms with Crippen molar-refractivity contribution in [3.05, 3.63) is 45.5 Å². The fourth-order valence-corrected chi connectivity index (χ4v) is 4.08. The van der Waals surface area contributed by atoms with Gasteiger partial charge in [0.1, 0.15) is 5.82 Å². The molecule has 0 amide bonds. The normalized spacial score (nSPS) is 17.6. The largest absolute Gasteiger partial charge is 0.362 e. The third-order valence-corrected chi connectivity index (χ3v) is 5.52. The summed E-state index contributed by atoms with van der Waals surface area (Å²) in [5.74, 6) is 1.76. The number of hydrogen-bond acceptors (Lipinski definition) is 6. The molecule has 0 spiro atoms. The van der Waals surface area contributed by atoms with Crippen LogP contribution in [-0.4, -0.2) is 60.1 Å². The van der Waals surface area contributed by atoms with E-state index in [-0.39, 0.29) is 5.56 Å². The van der Waals surface area contributed by atoms with Crippen LogP contribution < -0.4 is 15.4 Å². The highest BCUT2D eigenvalue weighted by Crippen LogP contribution is 2.21. The summed E-state index contributed by atoms with van der Waals surface area (Å²) in [4.78, 5) is 31.6. The first-order valence-corrected chi connectivity index (χ1v) is 9.82. The van der Waals surface area contributed by atoms with Gasteiger partial charge in [0.05, 0.1) is 5.69 Å². The van der Waals surface area contributed by atoms with Gasteiger partial charge in [-0.05, 0) is 25.3 Å². The van der Waals surface area contributed by atoms with Crippen LogP contribution >= 0.6 is 0 Å². The van der Waals surface area contributed by atoms with Crippen molar-refractivity contribution in [2.45, 2.75) is 32.2 Å². The monoisotopic (exact) mass is 368 g/mol. The summed E-state index contributed by atoms with van der Waals surface area (Å²) in [5, 5.41) is 0. The lowest BCUT2D eigenvalue weighted by atomic mass is 10.1. The minimum atomic E-state index is 0.0408. The number of nitrogens with one attached hydrogen (secondary N) is 1. The Morgan fingerprint density at radius 3 is 2.70 bits per heavy atom. The van der Waals surface area contributed by atoms with Crippen LogP contribution in [0.2, 0.25) is 0 Å². The first kappa shape index (κ1) is 18.0. The highest BCUT2D eigenvalue weighted by molar-refractivity contribution is 5.45. The maximum absolute atomic E-state index is 12.6. The van der Waals surface area contributed by atoms with E-state index in [1.165, 1.54) is 18.4 Å². The summed E-state index contributed by atoms with van der Waals surface area (Å²) in [5.41, 5.74) is 3.09. The lowest BCUT2D eigenvalue weighted by molar-refractivity contribution is 0.279. The molecule has 0 aliphatic carbocycles. The Hall–Kier alpha value is -2.41. The maximum atomic E-state index is 12.6. The molecule has 0 saturated carbocycles. The number of hydrogen-bond donors (Lipinski definition) is 1. The van der Waals surface area contributed by atoms with Crippen molar-refractivity contribution in [2.75, 3.05) is 50.1 Å². The molecule has 0 atom stereocenters. The van der Waals surface area contributed by atoms with Crippen molar-refractivity contribution < 1.29 is 0 Å². The number of anilines is 2. The number of fused-ring (bicyclic) bond motifs is 1. The molecule has 7 heteroatoms. The number of pyridine rings is 1. The van der Waals surface area contributed by atoms with E-state index in [1.807, 2.05) is 26.4 Å². The van der Waals surface area contributed by atoms with E-state index in [4.69, 9.17) is 4.98 Å². The Bertz CT molecular complexity index is 856. The van der Waals surface area contributed by atoms with Gasteiger partial charge in [-0.25, -0.2) is 9.97 Å². The minimum absolute atomic E-state index is 0.0408. The van der Waals surface area contributed by atoms with Crippen molar-refractivity contribution in [2.24, 2.45) is 0 Å². The van der Waals surface area contributed by atoms with Gasteiger partial charge in [-0.3, -0.25) is 14.7 Å². The van der Waals surface area contributed by atoms with Crippen LogP contribution in [0, 0.1) is 0 Å². The zero-order chi connectivity index (χ0) is 18.8. The quantitative estimate of drug-likeness (QED) is 0.881. The summed E-state index contributed by atoms with van der Waals surface area (Å²) in [6, 6.07) is 4.13. The van der Waals surface area contributed by atoms with E-state index in [0.717, 1.165) is 68.6 Å². The first-order valence-electron chi connectivity index (χ1n) is 9.82. The van der Waals surface area contributed by atoms with Crippen LogP contribution in [-0.2, 0) is 19.4 Å². The molecule has 2 aliphatic rings. The van der Waals surface area contributed by atoms with Crippen LogP contribution in [0.25, 0.3) is 0 Å². The van der Waals surface area contributed by atoms with Crippen LogP contribution in [0.15, 0.2) is 23.1 Å². The number of H-pyrrole nitrogens is 1. The van der Waals surface area contributed by atoms with Crippen molar-refractivity contribution in [3.63, 3.8) is 0 Å². The van der Waals surface area contributed by atoms with E-state index in [0.29, 0.717) is 0 Å². The van der Waals surface area contributed by atoms with Gasteiger partial charge in [-0.2, -0.15) is 0 Å². The molecule has 0 unspecified atom stereocenters. The van der Waals surface area contributed by atoms with Crippen molar-refractivity contribution in [1.82, 2.24) is 19.9 Å². The molecule has 4 rings (SSSR count). The fourth-order valence-electron chi connectivity index (χ4n) is 4.08. The van der Waals surface area contributed by atoms with Gasteiger partial charge in [0.15, 0.2) is 0 Å². The minimum Gasteiger partial charge on any atom is -0.362 e. The average Bonchev–Trinajstić information content (AvgIpc) is 3.12. The molecular weight excluding hydrogens is 340 g/mol. The Balaban J connectivity index is 1.52. The van der Waals surface area contributed by atoms with E-state index in [1.54, 1.807) is 0 Å². The second kappa shape index (κ2) is 7.68. The zero-order valence-corrected chi connectivity index (χ0v) is 16.2. The molecule has 2 aromatic rings. The summed E-state index contributed by atoms with van der Waals surface area (Å²) >= 11 is 0. The zero-order valence-electron chi connectivity index (χ0n) is 16.2. The van der Waals surface area contributed by atoms with Gasteiger partial charge >= 0.3 is 0 Å². The molecule has 27 heavy (non-hydrogen) atoms. The Morgan fingerprint density at radius 1 is 1.15 bits per heavy atom. The Morgan fingerprint density at radius 2 is 1.93 bits per heavy atom. The number of aromatic nitrogens is 3. The summed E-state index contributed by atoms with van der Waals surface area (Å²) in [7, 11) is 4.04. The third kappa shape index (κ3) is 3.83. The molecule has 0 radical (unpaired) electrons. The van der Waals surface area contributed by atoms with E-state index in [2.05, 4.69) is 30.7 Å². The predicted octanol–water partition coefficient (Wildman–Crippen LogP) is 1.43. The molecule has 2 aliphatic heterocycles. The summed E-state index contributed by atoms with van der Waals surface area (Å²) in [6.07, 6.45) is 5.75. The standard InChI is InChI=1S/C20H28N6O/c1-24(2)18-15(6-5-9-21-18)14-25-12-7-16-17(8-13-25)22-20(23-19(16)27)26-10-3-4-11-26/h5-6,9H,3-4,7-8,10-14H2,1-2H3,(H,22,23,27). The highest BCUT2D eigenvalue weighted by Gasteiger charge is 2.22. The van der Waals surface area contributed by atoms with Gasteiger partial charge in [0, 0.05) is 70.6 Å². The second-order valence-corrected chi connectivity index (χ2v) is 7.67. The predicted molar refractivity (Wildman–Crippen MR) is 108 cm³/mol. The smallest absolute Gasteiger partial charge is 0.255 e. The lowest BCUT2D eigenvalue weighted by Gasteiger charge is -2.23. The fraction of sp³-hybridized carbons (Fsp3) is 0.550. The molecule has 0 aromatic carbocycles. The molecule has 1 fully saturated rings. The van der Waals surface area contributed by atoms with Crippen molar-refractivity contribution >= 4 is 11.8 Å². The van der Waals surface area contributed by atoms with Crippen LogP contribution in [0.4, 0.5) is 11.8 Å². The van der Waals surface area contributed by atoms with Gasteiger partial charge in [-0.15, -0.1) is 0 Å². The molecule has 1 N–H and O–H groups in total. The first-order chi connectivity index (χ1) is 13.1. The Labute approximate surface area is 160 Å². The molecule has 4 heterocycles. The molecule has 1 saturated heterocycles. The number of nitrogens with zero attached hydrogens (tertiary/aromatic N) is 5. The molecule has 0 bridgehead atoms. The van der Waals surface area contributed by atoms with E-state index < -0.39 is 0 Å². The molecule has 2 aromatic heterocycles. The summed E-state index contributed by atoms with van der Waals surface area (Å²) < 4.78 is 0. The Kier molecular flexibility index (Phi) is 5.11. The topological polar surface area (TPSA) is 68.4 Å². The number of rotatable bonds is 4. The molecule has 7 nitrogen and oxygen atoms in total. The van der Waals surface area contributed by atoms with Gasteiger partial charge < -0.3 is 9.80 Å². The number of aromatic amines is 1. The SMILES string of the molecule is CN(C)c1ncccc1CN1CCc2nc(N3CCCC3)[nH]c(=O)c2CC1. The van der Waals surface area contributed by atoms with Crippen LogP contribution in [0.3, 0.4) is 0 Å². The van der Waals surface area contributed by atoms with Crippen molar-refractivity contribution in [3.8, 4) is 0 Å². The highest BCUT2D eigenvalue weighted by atomic mass is 16.1. The molecule has 144 valence electrons. The lowest BCUT2D eigenvalue weighted by Crippen LogP contribution is -2.28. The third-order valence-electron chi connectivity index (χ3n) is 5.52. The maximum Gasteiger partial charge on any atom is 0.255 e. The van der Waals surface area contributed by atoms with Gasteiger partial charge in [0.25, 0.3) is 5.56 Å². The molecular formula is C20H28N6O.